The molecule has 86 valence electrons. The number of aliphatic hydroxyl groups excluding tert-OH is 1. The second-order valence-electron chi connectivity index (χ2n) is 3.75. The Morgan fingerprint density at radius 3 is 2.38 bits per heavy atom. The Balaban J connectivity index is 2.49. The van der Waals surface area contributed by atoms with Gasteiger partial charge in [-0.05, 0) is 24.5 Å². The fraction of sp³-hybridized carbons (Fsp3) is 0.308. The number of amides is 1. The highest BCUT2D eigenvalue weighted by molar-refractivity contribution is 5.91. The number of rotatable bonds is 5. The fourth-order valence-electron chi connectivity index (χ4n) is 1.29. The van der Waals surface area contributed by atoms with Crippen molar-refractivity contribution in [1.29, 1.82) is 0 Å². The van der Waals surface area contributed by atoms with Crippen LogP contribution in [0.2, 0.25) is 0 Å². The molecular weight excluding hydrogens is 202 g/mol. The zero-order valence-electron chi connectivity index (χ0n) is 9.49. The minimum absolute atomic E-state index is 0.126. The Hall–Kier alpha value is -1.61. The van der Waals surface area contributed by atoms with E-state index in [4.69, 9.17) is 5.11 Å². The van der Waals surface area contributed by atoms with Gasteiger partial charge in [-0.25, -0.2) is 0 Å². The quantitative estimate of drug-likeness (QED) is 0.736. The van der Waals surface area contributed by atoms with Gasteiger partial charge < -0.3 is 10.4 Å². The van der Waals surface area contributed by atoms with E-state index in [9.17, 15) is 4.79 Å². The Morgan fingerprint density at radius 1 is 1.31 bits per heavy atom. The molecule has 2 N–H and O–H groups in total. The first-order valence-electron chi connectivity index (χ1n) is 5.26. The number of carbonyl (C=O) groups is 1. The molecule has 3 nitrogen and oxygen atoms in total. The van der Waals surface area contributed by atoms with Gasteiger partial charge in [-0.1, -0.05) is 30.8 Å². The molecule has 0 aliphatic heterocycles. The normalized spacial score (nSPS) is 9.88. The monoisotopic (exact) mass is 219 g/mol. The molecule has 1 amide bonds. The van der Waals surface area contributed by atoms with Crippen molar-refractivity contribution >= 4 is 5.91 Å². The third-order valence-corrected chi connectivity index (χ3v) is 2.26. The molecule has 16 heavy (non-hydrogen) atoms. The predicted octanol–water partition coefficient (Wildman–Crippen LogP) is 1.41. The van der Waals surface area contributed by atoms with Crippen LogP contribution in [0.4, 0.5) is 0 Å². The van der Waals surface area contributed by atoms with Crippen LogP contribution < -0.4 is 5.32 Å². The van der Waals surface area contributed by atoms with Crippen molar-refractivity contribution in [2.75, 3.05) is 6.61 Å². The van der Waals surface area contributed by atoms with Crippen LogP contribution >= 0.6 is 0 Å². The van der Waals surface area contributed by atoms with Gasteiger partial charge >= 0.3 is 0 Å². The van der Waals surface area contributed by atoms with Gasteiger partial charge in [-0.3, -0.25) is 4.79 Å². The zero-order chi connectivity index (χ0) is 12.0. The van der Waals surface area contributed by atoms with E-state index in [1.807, 2.05) is 24.3 Å². The van der Waals surface area contributed by atoms with Gasteiger partial charge in [0.15, 0.2) is 0 Å². The van der Waals surface area contributed by atoms with Crippen molar-refractivity contribution in [3.05, 3.63) is 47.5 Å². The minimum atomic E-state index is -0.126. The lowest BCUT2D eigenvalue weighted by atomic mass is 10.1. The second-order valence-corrected chi connectivity index (χ2v) is 3.75. The van der Waals surface area contributed by atoms with E-state index < -0.39 is 0 Å². The van der Waals surface area contributed by atoms with E-state index in [0.717, 1.165) is 11.1 Å². The first-order valence-corrected chi connectivity index (χ1v) is 5.26. The summed E-state index contributed by atoms with van der Waals surface area (Å²) >= 11 is 0. The number of nitrogens with one attached hydrogen (secondary N) is 1. The van der Waals surface area contributed by atoms with Crippen LogP contribution in [0.1, 0.15) is 18.1 Å². The second kappa shape index (κ2) is 6.08. The number of hydrogen-bond donors (Lipinski definition) is 2. The van der Waals surface area contributed by atoms with Crippen LogP contribution in [0.3, 0.4) is 0 Å². The van der Waals surface area contributed by atoms with Crippen LogP contribution in [0, 0.1) is 0 Å². The average Bonchev–Trinajstić information content (AvgIpc) is 2.28. The number of carbonyl (C=O) groups excluding carboxylic acids is 1. The van der Waals surface area contributed by atoms with Gasteiger partial charge in [0.25, 0.3) is 0 Å². The minimum Gasteiger partial charge on any atom is -0.396 e. The smallest absolute Gasteiger partial charge is 0.246 e. The van der Waals surface area contributed by atoms with Crippen molar-refractivity contribution in [3.63, 3.8) is 0 Å². The molecule has 0 spiro atoms. The van der Waals surface area contributed by atoms with Crippen molar-refractivity contribution in [2.45, 2.75) is 19.9 Å². The summed E-state index contributed by atoms with van der Waals surface area (Å²) in [6.07, 6.45) is 0.665. The zero-order valence-corrected chi connectivity index (χ0v) is 9.49. The maximum atomic E-state index is 11.2. The lowest BCUT2D eigenvalue weighted by Crippen LogP contribution is -2.22. The van der Waals surface area contributed by atoms with Crippen molar-refractivity contribution in [3.8, 4) is 0 Å². The highest BCUT2D eigenvalue weighted by atomic mass is 16.2. The summed E-state index contributed by atoms with van der Waals surface area (Å²) in [7, 11) is 0. The molecule has 0 aromatic heterocycles. The molecule has 3 heteroatoms. The Morgan fingerprint density at radius 2 is 1.88 bits per heavy atom. The van der Waals surface area contributed by atoms with Crippen LogP contribution in [0.5, 0.6) is 0 Å². The maximum absolute atomic E-state index is 11.2. The van der Waals surface area contributed by atoms with Crippen LogP contribution in [-0.4, -0.2) is 17.6 Å². The van der Waals surface area contributed by atoms with Gasteiger partial charge in [-0.15, -0.1) is 0 Å². The summed E-state index contributed by atoms with van der Waals surface area (Å²) in [6.45, 7) is 5.91. The van der Waals surface area contributed by atoms with Crippen LogP contribution in [0.25, 0.3) is 0 Å². The Kier molecular flexibility index (Phi) is 4.73. The van der Waals surface area contributed by atoms with Crippen molar-refractivity contribution in [2.24, 2.45) is 0 Å². The van der Waals surface area contributed by atoms with E-state index in [1.165, 1.54) is 0 Å². The van der Waals surface area contributed by atoms with Crippen LogP contribution in [-0.2, 0) is 17.8 Å². The number of hydrogen-bond acceptors (Lipinski definition) is 2. The van der Waals surface area contributed by atoms with Crippen molar-refractivity contribution in [1.82, 2.24) is 5.32 Å². The highest BCUT2D eigenvalue weighted by Gasteiger charge is 2.00. The molecule has 0 radical (unpaired) electrons. The topological polar surface area (TPSA) is 49.3 Å². The Labute approximate surface area is 95.8 Å². The maximum Gasteiger partial charge on any atom is 0.246 e. The number of benzene rings is 1. The molecular formula is C13H17NO2. The third-order valence-electron chi connectivity index (χ3n) is 2.26. The summed E-state index contributed by atoms with van der Waals surface area (Å²) in [5.74, 6) is -0.126. The van der Waals surface area contributed by atoms with Gasteiger partial charge in [0.05, 0.1) is 0 Å². The molecule has 1 aromatic rings. The molecule has 0 aliphatic rings. The largest absolute Gasteiger partial charge is 0.396 e. The highest BCUT2D eigenvalue weighted by Crippen LogP contribution is 2.05. The molecule has 1 rings (SSSR count). The van der Waals surface area contributed by atoms with E-state index >= 15 is 0 Å². The summed E-state index contributed by atoms with van der Waals surface area (Å²) in [5, 5.41) is 11.5. The van der Waals surface area contributed by atoms with Gasteiger partial charge in [0.1, 0.15) is 0 Å². The van der Waals surface area contributed by atoms with E-state index in [-0.39, 0.29) is 12.5 Å². The van der Waals surface area contributed by atoms with Gasteiger partial charge in [-0.2, -0.15) is 0 Å². The third kappa shape index (κ3) is 3.87. The molecule has 0 saturated carbocycles. The number of aliphatic hydroxyl groups is 1. The fourth-order valence-corrected chi connectivity index (χ4v) is 1.29. The lowest BCUT2D eigenvalue weighted by Gasteiger charge is -2.05. The van der Waals surface area contributed by atoms with E-state index in [0.29, 0.717) is 18.5 Å². The molecule has 0 bridgehead atoms. The Bertz CT molecular complexity index is 368. The molecule has 0 fully saturated rings. The molecule has 0 aliphatic carbocycles. The molecule has 1 aromatic carbocycles. The SMILES string of the molecule is C=C(C)C(=O)NCc1ccc(CCO)cc1. The lowest BCUT2D eigenvalue weighted by molar-refractivity contribution is -0.117. The van der Waals surface area contributed by atoms with Crippen LogP contribution in [0.15, 0.2) is 36.4 Å². The summed E-state index contributed by atoms with van der Waals surface area (Å²) in [6, 6.07) is 7.81. The summed E-state index contributed by atoms with van der Waals surface area (Å²) < 4.78 is 0. The van der Waals surface area contributed by atoms with Crippen molar-refractivity contribution < 1.29 is 9.90 Å². The predicted molar refractivity (Wildman–Crippen MR) is 63.9 cm³/mol. The standard InChI is InChI=1S/C13H17NO2/c1-10(2)13(16)14-9-12-5-3-11(4-6-12)7-8-15/h3-6,15H,1,7-9H2,2H3,(H,14,16). The first-order chi connectivity index (χ1) is 7.63. The van der Waals surface area contributed by atoms with Gasteiger partial charge in [0.2, 0.25) is 5.91 Å². The summed E-state index contributed by atoms with van der Waals surface area (Å²) in [5.41, 5.74) is 2.64. The average molecular weight is 219 g/mol. The van der Waals surface area contributed by atoms with Gasteiger partial charge in [0, 0.05) is 18.7 Å². The van der Waals surface area contributed by atoms with E-state index in [1.54, 1.807) is 6.92 Å². The molecule has 0 unspecified atom stereocenters. The van der Waals surface area contributed by atoms with E-state index in [2.05, 4.69) is 11.9 Å². The summed E-state index contributed by atoms with van der Waals surface area (Å²) in [4.78, 5) is 11.2. The molecule has 0 atom stereocenters. The first kappa shape index (κ1) is 12.5. The molecule has 0 heterocycles. The molecule has 0 saturated heterocycles.